The van der Waals surface area contributed by atoms with Gasteiger partial charge in [0.15, 0.2) is 0 Å². The standard InChI is InChI=1S/C27H34O8/c1-18(2)24(28)32-16-17-33-25(29)19-12-14-23(15-13-19)35-27(31)21-10-8-20(9-11-21)26(30)34-22-6-4-3-5-7-22/h3-7,19-21,23H,1,8-17H2,2H3. The van der Waals surface area contributed by atoms with Crippen LogP contribution in [0, 0.1) is 17.8 Å². The Labute approximate surface area is 205 Å². The molecule has 0 aromatic heterocycles. The first kappa shape index (κ1) is 26.4. The van der Waals surface area contributed by atoms with E-state index in [4.69, 9.17) is 18.9 Å². The molecule has 190 valence electrons. The van der Waals surface area contributed by atoms with Crippen molar-refractivity contribution in [1.82, 2.24) is 0 Å². The summed E-state index contributed by atoms with van der Waals surface area (Å²) < 4.78 is 21.3. The van der Waals surface area contributed by atoms with Crippen molar-refractivity contribution in [2.24, 2.45) is 17.8 Å². The Bertz CT molecular complexity index is 893. The van der Waals surface area contributed by atoms with E-state index in [1.165, 1.54) is 0 Å². The van der Waals surface area contributed by atoms with Crippen LogP contribution < -0.4 is 4.74 Å². The number of para-hydroxylation sites is 1. The highest BCUT2D eigenvalue weighted by Crippen LogP contribution is 2.33. The van der Waals surface area contributed by atoms with Crippen LogP contribution in [0.1, 0.15) is 58.3 Å². The van der Waals surface area contributed by atoms with Gasteiger partial charge in [-0.25, -0.2) is 4.79 Å². The minimum absolute atomic E-state index is 0.00336. The fourth-order valence-electron chi connectivity index (χ4n) is 4.45. The monoisotopic (exact) mass is 486 g/mol. The number of benzene rings is 1. The zero-order valence-corrected chi connectivity index (χ0v) is 20.2. The van der Waals surface area contributed by atoms with Gasteiger partial charge < -0.3 is 18.9 Å². The van der Waals surface area contributed by atoms with Crippen LogP contribution in [0.5, 0.6) is 5.75 Å². The molecule has 1 aromatic rings. The average molecular weight is 487 g/mol. The Morgan fingerprint density at radius 2 is 1.26 bits per heavy atom. The smallest absolute Gasteiger partial charge is 0.333 e. The second-order valence-corrected chi connectivity index (χ2v) is 9.28. The van der Waals surface area contributed by atoms with E-state index in [0.29, 0.717) is 62.7 Å². The molecule has 0 heterocycles. The summed E-state index contributed by atoms with van der Waals surface area (Å²) in [7, 11) is 0. The van der Waals surface area contributed by atoms with Crippen LogP contribution in [0.15, 0.2) is 42.5 Å². The molecule has 0 amide bonds. The Hall–Kier alpha value is -3.16. The molecule has 0 radical (unpaired) electrons. The highest BCUT2D eigenvalue weighted by molar-refractivity contribution is 5.86. The lowest BCUT2D eigenvalue weighted by molar-refractivity contribution is -0.161. The number of esters is 4. The molecule has 0 N–H and O–H groups in total. The Kier molecular flexibility index (Phi) is 9.87. The number of hydrogen-bond donors (Lipinski definition) is 0. The topological polar surface area (TPSA) is 105 Å². The normalized spacial score (nSPS) is 24.0. The van der Waals surface area contributed by atoms with Crippen LogP contribution in [0.2, 0.25) is 0 Å². The lowest BCUT2D eigenvalue weighted by atomic mass is 9.82. The number of carbonyl (C=O) groups is 4. The zero-order valence-electron chi connectivity index (χ0n) is 20.2. The summed E-state index contributed by atoms with van der Waals surface area (Å²) in [6.45, 7) is 5.04. The summed E-state index contributed by atoms with van der Waals surface area (Å²) in [4.78, 5) is 48.6. The molecule has 8 heteroatoms. The first-order chi connectivity index (χ1) is 16.8. The Morgan fingerprint density at radius 1 is 0.743 bits per heavy atom. The van der Waals surface area contributed by atoms with E-state index >= 15 is 0 Å². The second-order valence-electron chi connectivity index (χ2n) is 9.28. The average Bonchev–Trinajstić information content (AvgIpc) is 2.87. The molecule has 8 nitrogen and oxygen atoms in total. The van der Waals surface area contributed by atoms with Gasteiger partial charge in [-0.2, -0.15) is 0 Å². The predicted octanol–water partition coefficient (Wildman–Crippen LogP) is 4.16. The molecule has 0 spiro atoms. The second kappa shape index (κ2) is 13.1. The van der Waals surface area contributed by atoms with Gasteiger partial charge in [0.05, 0.1) is 17.8 Å². The summed E-state index contributed by atoms with van der Waals surface area (Å²) in [6, 6.07) is 8.99. The van der Waals surface area contributed by atoms with E-state index in [0.717, 1.165) is 0 Å². The van der Waals surface area contributed by atoms with Crippen molar-refractivity contribution in [1.29, 1.82) is 0 Å². The van der Waals surface area contributed by atoms with Crippen molar-refractivity contribution < 1.29 is 38.1 Å². The molecule has 1 aromatic carbocycles. The third-order valence-corrected chi connectivity index (χ3v) is 6.56. The molecule has 2 aliphatic carbocycles. The number of ether oxygens (including phenoxy) is 4. The Balaban J connectivity index is 1.31. The van der Waals surface area contributed by atoms with Crippen LogP contribution in [-0.4, -0.2) is 43.2 Å². The van der Waals surface area contributed by atoms with Gasteiger partial charge >= 0.3 is 23.9 Å². The van der Waals surface area contributed by atoms with Gasteiger partial charge in [-0.3, -0.25) is 14.4 Å². The molecule has 0 aliphatic heterocycles. The number of rotatable bonds is 9. The maximum absolute atomic E-state index is 12.6. The maximum atomic E-state index is 12.6. The van der Waals surface area contributed by atoms with Gasteiger partial charge in [0.25, 0.3) is 0 Å². The maximum Gasteiger partial charge on any atom is 0.333 e. The predicted molar refractivity (Wildman–Crippen MR) is 126 cm³/mol. The van der Waals surface area contributed by atoms with Crippen molar-refractivity contribution in [2.75, 3.05) is 13.2 Å². The zero-order chi connectivity index (χ0) is 25.2. The minimum atomic E-state index is -0.510. The minimum Gasteiger partial charge on any atom is -0.462 e. The van der Waals surface area contributed by atoms with Crippen molar-refractivity contribution in [3.8, 4) is 5.75 Å². The van der Waals surface area contributed by atoms with Crippen molar-refractivity contribution in [3.63, 3.8) is 0 Å². The van der Waals surface area contributed by atoms with Crippen LogP contribution in [0.25, 0.3) is 0 Å². The molecule has 2 fully saturated rings. The third kappa shape index (κ3) is 8.23. The quantitative estimate of drug-likeness (QED) is 0.168. The third-order valence-electron chi connectivity index (χ3n) is 6.56. The molecule has 2 aliphatic rings. The van der Waals surface area contributed by atoms with Crippen LogP contribution in [0.4, 0.5) is 0 Å². The van der Waals surface area contributed by atoms with E-state index < -0.39 is 5.97 Å². The van der Waals surface area contributed by atoms with Gasteiger partial charge in [0, 0.05) is 5.57 Å². The van der Waals surface area contributed by atoms with Gasteiger partial charge in [0.1, 0.15) is 25.1 Å². The van der Waals surface area contributed by atoms with Crippen molar-refractivity contribution in [2.45, 2.75) is 64.4 Å². The molecule has 35 heavy (non-hydrogen) atoms. The highest BCUT2D eigenvalue weighted by Gasteiger charge is 2.34. The fraction of sp³-hybridized carbons (Fsp3) is 0.556. The van der Waals surface area contributed by atoms with Crippen LogP contribution in [0.3, 0.4) is 0 Å². The van der Waals surface area contributed by atoms with Gasteiger partial charge in [-0.05, 0) is 70.4 Å². The molecule has 3 rings (SSSR count). The van der Waals surface area contributed by atoms with Gasteiger partial charge in [-0.15, -0.1) is 0 Å². The van der Waals surface area contributed by atoms with Gasteiger partial charge in [0.2, 0.25) is 0 Å². The molecule has 0 bridgehead atoms. The number of carbonyl (C=O) groups excluding carboxylic acids is 4. The van der Waals surface area contributed by atoms with Crippen LogP contribution in [-0.2, 0) is 33.4 Å². The lowest BCUT2D eigenvalue weighted by Crippen LogP contribution is -2.33. The lowest BCUT2D eigenvalue weighted by Gasteiger charge is -2.30. The van der Waals surface area contributed by atoms with Crippen molar-refractivity contribution >= 4 is 23.9 Å². The summed E-state index contributed by atoms with van der Waals surface area (Å²) in [5.74, 6) is -1.42. The first-order valence-electron chi connectivity index (χ1n) is 12.3. The van der Waals surface area contributed by atoms with E-state index in [1.807, 2.05) is 18.2 Å². The molecule has 0 saturated heterocycles. The molecule has 0 atom stereocenters. The molecule has 0 unspecified atom stereocenters. The SMILES string of the molecule is C=C(C)C(=O)OCCOC(=O)C1CCC(OC(=O)C2CCC(C(=O)Oc3ccccc3)CC2)CC1. The summed E-state index contributed by atoms with van der Waals surface area (Å²) in [5.41, 5.74) is 0.294. The van der Waals surface area contributed by atoms with E-state index in [1.54, 1.807) is 19.1 Å². The van der Waals surface area contributed by atoms with E-state index in [9.17, 15) is 19.2 Å². The summed E-state index contributed by atoms with van der Waals surface area (Å²) >= 11 is 0. The number of hydrogen-bond acceptors (Lipinski definition) is 8. The summed E-state index contributed by atoms with van der Waals surface area (Å²) in [5, 5.41) is 0. The molecule has 2 saturated carbocycles. The van der Waals surface area contributed by atoms with E-state index in [2.05, 4.69) is 6.58 Å². The largest absolute Gasteiger partial charge is 0.462 e. The van der Waals surface area contributed by atoms with Crippen molar-refractivity contribution in [3.05, 3.63) is 42.5 Å². The molecular formula is C27H34O8. The fourth-order valence-corrected chi connectivity index (χ4v) is 4.45. The highest BCUT2D eigenvalue weighted by atomic mass is 16.6. The van der Waals surface area contributed by atoms with Gasteiger partial charge in [-0.1, -0.05) is 24.8 Å². The summed E-state index contributed by atoms with van der Waals surface area (Å²) in [6.07, 6.45) is 4.58. The van der Waals surface area contributed by atoms with Crippen LogP contribution >= 0.6 is 0 Å². The first-order valence-corrected chi connectivity index (χ1v) is 12.3. The van der Waals surface area contributed by atoms with E-state index in [-0.39, 0.29) is 55.0 Å². The Morgan fingerprint density at radius 3 is 1.86 bits per heavy atom. The molecular weight excluding hydrogens is 452 g/mol.